The van der Waals surface area contributed by atoms with Gasteiger partial charge >= 0.3 is 0 Å². The molecule has 2 saturated heterocycles. The van der Waals surface area contributed by atoms with Crippen LogP contribution in [0.2, 0.25) is 0 Å². The lowest BCUT2D eigenvalue weighted by atomic mass is 10.2. The molecule has 0 aliphatic carbocycles. The van der Waals surface area contributed by atoms with Crippen molar-refractivity contribution in [3.63, 3.8) is 0 Å². The molecule has 2 aromatic rings. The summed E-state index contributed by atoms with van der Waals surface area (Å²) in [5.74, 6) is 1.08. The van der Waals surface area contributed by atoms with Gasteiger partial charge in [-0.25, -0.2) is 0 Å². The van der Waals surface area contributed by atoms with Crippen LogP contribution in [-0.4, -0.2) is 53.9 Å². The third-order valence-corrected chi connectivity index (χ3v) is 5.31. The molecule has 0 radical (unpaired) electrons. The predicted molar refractivity (Wildman–Crippen MR) is 99.8 cm³/mol. The molecule has 2 aliphatic rings. The Kier molecular flexibility index (Phi) is 5.14. The number of likely N-dealkylation sites (tertiary alicyclic amines) is 2. The Hall–Kier alpha value is -2.76. The van der Waals surface area contributed by atoms with Crippen molar-refractivity contribution < 1.29 is 18.7 Å². The second-order valence-corrected chi connectivity index (χ2v) is 7.11. The number of nitrogens with zero attached hydrogens (tertiary/aromatic N) is 2. The van der Waals surface area contributed by atoms with E-state index in [9.17, 15) is 9.59 Å². The van der Waals surface area contributed by atoms with Crippen LogP contribution in [0, 0.1) is 0 Å². The second kappa shape index (κ2) is 7.86. The first-order chi connectivity index (χ1) is 13.2. The molecule has 6 nitrogen and oxygen atoms in total. The minimum atomic E-state index is -0.0855. The minimum Gasteiger partial charge on any atom is -0.491 e. The van der Waals surface area contributed by atoms with Gasteiger partial charge in [-0.1, -0.05) is 0 Å². The first kappa shape index (κ1) is 17.6. The zero-order valence-corrected chi connectivity index (χ0v) is 15.3. The molecule has 0 spiro atoms. The maximum atomic E-state index is 12.5. The molecule has 2 amide bonds. The number of rotatable bonds is 5. The fourth-order valence-electron chi connectivity index (χ4n) is 3.81. The Balaban J connectivity index is 1.34. The molecule has 0 unspecified atom stereocenters. The van der Waals surface area contributed by atoms with Gasteiger partial charge in [0.1, 0.15) is 12.4 Å². The van der Waals surface area contributed by atoms with Crippen LogP contribution in [0.15, 0.2) is 47.1 Å². The number of carbonyl (C=O) groups is 2. The van der Waals surface area contributed by atoms with E-state index in [0.29, 0.717) is 23.7 Å². The minimum absolute atomic E-state index is 0.0357. The molecule has 1 aromatic heterocycles. The van der Waals surface area contributed by atoms with E-state index >= 15 is 0 Å². The smallest absolute Gasteiger partial charge is 0.289 e. The molecule has 2 fully saturated rings. The summed E-state index contributed by atoms with van der Waals surface area (Å²) in [6, 6.07) is 10.7. The number of carbonyl (C=O) groups excluding carboxylic acids is 2. The Morgan fingerprint density at radius 1 is 1.00 bits per heavy atom. The van der Waals surface area contributed by atoms with E-state index in [1.807, 2.05) is 34.1 Å². The van der Waals surface area contributed by atoms with Crippen molar-refractivity contribution in [1.29, 1.82) is 0 Å². The number of amides is 2. The van der Waals surface area contributed by atoms with Gasteiger partial charge in [0.05, 0.1) is 12.3 Å². The molecular weight excluding hydrogens is 344 g/mol. The van der Waals surface area contributed by atoms with E-state index in [1.165, 1.54) is 6.26 Å². The van der Waals surface area contributed by atoms with Crippen LogP contribution in [0.25, 0.3) is 0 Å². The average molecular weight is 368 g/mol. The summed E-state index contributed by atoms with van der Waals surface area (Å²) in [6.07, 6.45) is 5.56. The normalized spacial score (nSPS) is 19.5. The SMILES string of the molecule is O=C(c1ccc(OC[C@H]2CCCN2C(=O)c2ccco2)cc1)N1CCCC1. The molecule has 27 heavy (non-hydrogen) atoms. The summed E-state index contributed by atoms with van der Waals surface area (Å²) in [7, 11) is 0. The highest BCUT2D eigenvalue weighted by Crippen LogP contribution is 2.22. The van der Waals surface area contributed by atoms with Gasteiger partial charge in [-0.2, -0.15) is 0 Å². The van der Waals surface area contributed by atoms with Crippen molar-refractivity contribution in [3.8, 4) is 5.75 Å². The van der Waals surface area contributed by atoms with Gasteiger partial charge in [-0.3, -0.25) is 9.59 Å². The molecule has 0 saturated carbocycles. The monoisotopic (exact) mass is 368 g/mol. The Labute approximate surface area is 158 Å². The van der Waals surface area contributed by atoms with Gasteiger partial charge in [0, 0.05) is 25.2 Å². The summed E-state index contributed by atoms with van der Waals surface area (Å²) in [5.41, 5.74) is 0.694. The molecule has 1 aromatic carbocycles. The number of ether oxygens (including phenoxy) is 1. The molecule has 2 aliphatic heterocycles. The molecule has 3 heterocycles. The van der Waals surface area contributed by atoms with Gasteiger partial charge in [0.15, 0.2) is 5.76 Å². The lowest BCUT2D eigenvalue weighted by molar-refractivity contribution is 0.0659. The molecule has 1 atom stereocenters. The fourth-order valence-corrected chi connectivity index (χ4v) is 3.81. The van der Waals surface area contributed by atoms with Crippen molar-refractivity contribution in [2.75, 3.05) is 26.2 Å². The maximum absolute atomic E-state index is 12.5. The third kappa shape index (κ3) is 3.84. The van der Waals surface area contributed by atoms with Crippen LogP contribution in [0.5, 0.6) is 5.75 Å². The standard InChI is InChI=1S/C21H24N2O4/c24-20(22-11-1-2-12-22)16-7-9-18(10-8-16)27-15-17-5-3-13-23(17)21(25)19-6-4-14-26-19/h4,6-10,14,17H,1-3,5,11-13,15H2/t17-/m1/s1. The van der Waals surface area contributed by atoms with E-state index in [2.05, 4.69) is 0 Å². The van der Waals surface area contributed by atoms with E-state index in [0.717, 1.165) is 45.3 Å². The number of benzene rings is 1. The van der Waals surface area contributed by atoms with Gasteiger partial charge in [-0.15, -0.1) is 0 Å². The third-order valence-electron chi connectivity index (χ3n) is 5.31. The molecule has 0 N–H and O–H groups in total. The van der Waals surface area contributed by atoms with E-state index in [-0.39, 0.29) is 17.9 Å². The first-order valence-electron chi connectivity index (χ1n) is 9.59. The van der Waals surface area contributed by atoms with Crippen LogP contribution in [-0.2, 0) is 0 Å². The zero-order valence-electron chi connectivity index (χ0n) is 15.3. The van der Waals surface area contributed by atoms with Gasteiger partial charge in [-0.05, 0) is 62.1 Å². The van der Waals surface area contributed by atoms with Gasteiger partial charge < -0.3 is 19.0 Å². The topological polar surface area (TPSA) is 63.0 Å². The Morgan fingerprint density at radius 2 is 1.78 bits per heavy atom. The Bertz CT molecular complexity index is 779. The summed E-state index contributed by atoms with van der Waals surface area (Å²) >= 11 is 0. The van der Waals surface area contributed by atoms with Crippen LogP contribution in [0.4, 0.5) is 0 Å². The molecule has 142 valence electrons. The maximum Gasteiger partial charge on any atom is 0.289 e. The van der Waals surface area contributed by atoms with Gasteiger partial charge in [0.2, 0.25) is 0 Å². The molecule has 6 heteroatoms. The van der Waals surface area contributed by atoms with E-state index in [4.69, 9.17) is 9.15 Å². The van der Waals surface area contributed by atoms with E-state index in [1.54, 1.807) is 12.1 Å². The lowest BCUT2D eigenvalue weighted by Gasteiger charge is -2.24. The zero-order chi connectivity index (χ0) is 18.6. The van der Waals surface area contributed by atoms with Crippen molar-refractivity contribution in [1.82, 2.24) is 9.80 Å². The Morgan fingerprint density at radius 3 is 2.48 bits per heavy atom. The number of hydrogen-bond acceptors (Lipinski definition) is 4. The largest absolute Gasteiger partial charge is 0.491 e. The predicted octanol–water partition coefficient (Wildman–Crippen LogP) is 3.20. The first-order valence-corrected chi connectivity index (χ1v) is 9.59. The van der Waals surface area contributed by atoms with Crippen molar-refractivity contribution >= 4 is 11.8 Å². The molecule has 0 bridgehead atoms. The van der Waals surface area contributed by atoms with Crippen LogP contribution in [0.1, 0.15) is 46.6 Å². The summed E-state index contributed by atoms with van der Waals surface area (Å²) in [4.78, 5) is 28.6. The highest BCUT2D eigenvalue weighted by molar-refractivity contribution is 5.94. The summed E-state index contributed by atoms with van der Waals surface area (Å²) < 4.78 is 11.1. The summed E-state index contributed by atoms with van der Waals surface area (Å²) in [6.45, 7) is 2.85. The van der Waals surface area contributed by atoms with Crippen LogP contribution in [0.3, 0.4) is 0 Å². The van der Waals surface area contributed by atoms with E-state index < -0.39 is 0 Å². The molecule has 4 rings (SSSR count). The highest BCUT2D eigenvalue weighted by Gasteiger charge is 2.31. The van der Waals surface area contributed by atoms with Crippen molar-refractivity contribution in [2.24, 2.45) is 0 Å². The number of furan rings is 1. The summed E-state index contributed by atoms with van der Waals surface area (Å²) in [5, 5.41) is 0. The average Bonchev–Trinajstić information content (AvgIpc) is 3.48. The van der Waals surface area contributed by atoms with Crippen molar-refractivity contribution in [3.05, 3.63) is 54.0 Å². The quantitative estimate of drug-likeness (QED) is 0.813. The molecular formula is C21H24N2O4. The van der Waals surface area contributed by atoms with Crippen LogP contribution < -0.4 is 4.74 Å². The van der Waals surface area contributed by atoms with Crippen LogP contribution >= 0.6 is 0 Å². The van der Waals surface area contributed by atoms with Gasteiger partial charge in [0.25, 0.3) is 11.8 Å². The highest BCUT2D eigenvalue weighted by atomic mass is 16.5. The second-order valence-electron chi connectivity index (χ2n) is 7.11. The van der Waals surface area contributed by atoms with Crippen molar-refractivity contribution in [2.45, 2.75) is 31.7 Å². The fraction of sp³-hybridized carbons (Fsp3) is 0.429. The number of hydrogen-bond donors (Lipinski definition) is 0. The lowest BCUT2D eigenvalue weighted by Crippen LogP contribution is -2.38.